The van der Waals surface area contributed by atoms with E-state index in [1.165, 1.54) is 21.9 Å². The monoisotopic (exact) mass is 311 g/mol. The zero-order valence-electron chi connectivity index (χ0n) is 12.8. The van der Waals surface area contributed by atoms with Gasteiger partial charge in [-0.05, 0) is 35.4 Å². The quantitative estimate of drug-likeness (QED) is 0.713. The maximum atomic E-state index is 3.33. The van der Waals surface area contributed by atoms with Crippen molar-refractivity contribution in [2.75, 3.05) is 13.6 Å². The minimum atomic E-state index is 0. The van der Waals surface area contributed by atoms with Crippen molar-refractivity contribution in [3.63, 3.8) is 0 Å². The molecular formula is C20H22ClN. The molecule has 0 saturated heterocycles. The third-order valence-corrected chi connectivity index (χ3v) is 4.02. The summed E-state index contributed by atoms with van der Waals surface area (Å²) in [4.78, 5) is 0. The van der Waals surface area contributed by atoms with Crippen LogP contribution in [-0.4, -0.2) is 13.6 Å². The largest absolute Gasteiger partial charge is 0.319 e. The average molecular weight is 312 g/mol. The van der Waals surface area contributed by atoms with Gasteiger partial charge in [-0.15, -0.1) is 12.4 Å². The van der Waals surface area contributed by atoms with Crippen molar-refractivity contribution >= 4 is 23.2 Å². The molecule has 1 atom stereocenters. The molecule has 0 aliphatic heterocycles. The van der Waals surface area contributed by atoms with Crippen molar-refractivity contribution in [2.24, 2.45) is 0 Å². The second kappa shape index (κ2) is 7.98. The molecule has 22 heavy (non-hydrogen) atoms. The van der Waals surface area contributed by atoms with Crippen molar-refractivity contribution in [3.05, 3.63) is 83.9 Å². The van der Waals surface area contributed by atoms with E-state index in [4.69, 9.17) is 0 Å². The SMILES string of the molecule is CNC[C@H](Cc1ccccc1)c1ccc2ccccc2c1.Cl. The van der Waals surface area contributed by atoms with Crippen molar-refractivity contribution in [1.82, 2.24) is 5.32 Å². The minimum Gasteiger partial charge on any atom is -0.319 e. The number of rotatable bonds is 5. The van der Waals surface area contributed by atoms with E-state index in [1.54, 1.807) is 0 Å². The average Bonchev–Trinajstić information content (AvgIpc) is 2.55. The summed E-state index contributed by atoms with van der Waals surface area (Å²) >= 11 is 0. The third kappa shape index (κ3) is 3.88. The molecule has 3 rings (SSSR count). The van der Waals surface area contributed by atoms with E-state index in [9.17, 15) is 0 Å². The summed E-state index contributed by atoms with van der Waals surface area (Å²) < 4.78 is 0. The van der Waals surface area contributed by atoms with Crippen LogP contribution >= 0.6 is 12.4 Å². The molecule has 114 valence electrons. The lowest BCUT2D eigenvalue weighted by Gasteiger charge is -2.18. The Morgan fingerprint density at radius 2 is 1.50 bits per heavy atom. The molecule has 3 aromatic rings. The Balaban J connectivity index is 0.00000176. The number of likely N-dealkylation sites (N-methyl/N-ethyl adjacent to an activating group) is 1. The van der Waals surface area contributed by atoms with Crippen LogP contribution in [0.2, 0.25) is 0 Å². The van der Waals surface area contributed by atoms with Crippen LogP contribution in [0.5, 0.6) is 0 Å². The first-order valence-electron chi connectivity index (χ1n) is 7.54. The maximum absolute atomic E-state index is 3.33. The van der Waals surface area contributed by atoms with Gasteiger partial charge in [0, 0.05) is 12.5 Å². The van der Waals surface area contributed by atoms with Gasteiger partial charge in [0.1, 0.15) is 0 Å². The summed E-state index contributed by atoms with van der Waals surface area (Å²) in [6, 6.07) is 26.1. The molecular weight excluding hydrogens is 290 g/mol. The van der Waals surface area contributed by atoms with Gasteiger partial charge in [0.2, 0.25) is 0 Å². The summed E-state index contributed by atoms with van der Waals surface area (Å²) in [5.41, 5.74) is 2.80. The molecule has 1 nitrogen and oxygen atoms in total. The van der Waals surface area contributed by atoms with Gasteiger partial charge in [-0.2, -0.15) is 0 Å². The zero-order valence-corrected chi connectivity index (χ0v) is 13.6. The van der Waals surface area contributed by atoms with E-state index in [1.807, 2.05) is 7.05 Å². The summed E-state index contributed by atoms with van der Waals surface area (Å²) in [6.07, 6.45) is 1.07. The second-order valence-corrected chi connectivity index (χ2v) is 5.55. The van der Waals surface area contributed by atoms with E-state index in [-0.39, 0.29) is 12.4 Å². The van der Waals surface area contributed by atoms with Crippen molar-refractivity contribution in [1.29, 1.82) is 0 Å². The van der Waals surface area contributed by atoms with Gasteiger partial charge in [-0.25, -0.2) is 0 Å². The van der Waals surface area contributed by atoms with Gasteiger partial charge in [0.25, 0.3) is 0 Å². The summed E-state index contributed by atoms with van der Waals surface area (Å²) in [5, 5.41) is 5.97. The molecule has 0 fully saturated rings. The molecule has 0 unspecified atom stereocenters. The highest BCUT2D eigenvalue weighted by atomic mass is 35.5. The fourth-order valence-electron chi connectivity index (χ4n) is 2.91. The topological polar surface area (TPSA) is 12.0 Å². The lowest BCUT2D eigenvalue weighted by Crippen LogP contribution is -2.19. The van der Waals surface area contributed by atoms with Crippen molar-refractivity contribution < 1.29 is 0 Å². The van der Waals surface area contributed by atoms with Crippen LogP contribution in [0.25, 0.3) is 10.8 Å². The van der Waals surface area contributed by atoms with E-state index >= 15 is 0 Å². The normalized spacial score (nSPS) is 11.9. The van der Waals surface area contributed by atoms with E-state index < -0.39 is 0 Å². The highest BCUT2D eigenvalue weighted by Crippen LogP contribution is 2.24. The Labute approximate surface area is 138 Å². The molecule has 0 spiro atoms. The summed E-state index contributed by atoms with van der Waals surface area (Å²) in [7, 11) is 2.03. The Kier molecular flexibility index (Phi) is 6.00. The predicted octanol–water partition coefficient (Wildman–Crippen LogP) is 4.81. The molecule has 0 aliphatic carbocycles. The highest BCUT2D eigenvalue weighted by molar-refractivity contribution is 5.85. The van der Waals surface area contributed by atoms with E-state index in [0.717, 1.165) is 13.0 Å². The number of hydrogen-bond acceptors (Lipinski definition) is 1. The van der Waals surface area contributed by atoms with Gasteiger partial charge >= 0.3 is 0 Å². The standard InChI is InChI=1S/C20H21N.ClH/c1-21-15-20(13-16-7-3-2-4-8-16)19-12-11-17-9-5-6-10-18(17)14-19;/h2-12,14,20-21H,13,15H2,1H3;1H/t20-;/m0./s1. The van der Waals surface area contributed by atoms with Gasteiger partial charge in [0.15, 0.2) is 0 Å². The van der Waals surface area contributed by atoms with Gasteiger partial charge in [-0.1, -0.05) is 72.8 Å². The highest BCUT2D eigenvalue weighted by Gasteiger charge is 2.12. The first kappa shape index (κ1) is 16.5. The second-order valence-electron chi connectivity index (χ2n) is 5.55. The number of nitrogens with one attached hydrogen (secondary N) is 1. The number of fused-ring (bicyclic) bond motifs is 1. The Morgan fingerprint density at radius 3 is 2.23 bits per heavy atom. The molecule has 2 heteroatoms. The van der Waals surface area contributed by atoms with Crippen LogP contribution in [0, 0.1) is 0 Å². The predicted molar refractivity (Wildman–Crippen MR) is 98.0 cm³/mol. The number of benzene rings is 3. The Hall–Kier alpha value is -1.83. The van der Waals surface area contributed by atoms with E-state index in [0.29, 0.717) is 5.92 Å². The zero-order chi connectivity index (χ0) is 14.5. The minimum absolute atomic E-state index is 0. The van der Waals surface area contributed by atoms with Crippen molar-refractivity contribution in [2.45, 2.75) is 12.3 Å². The van der Waals surface area contributed by atoms with E-state index in [2.05, 4.69) is 78.1 Å². The van der Waals surface area contributed by atoms with Crippen molar-refractivity contribution in [3.8, 4) is 0 Å². The first-order valence-corrected chi connectivity index (χ1v) is 7.54. The number of hydrogen-bond donors (Lipinski definition) is 1. The Bertz CT molecular complexity index is 709. The van der Waals surface area contributed by atoms with Crippen LogP contribution < -0.4 is 5.32 Å². The van der Waals surface area contributed by atoms with Crippen LogP contribution in [0.1, 0.15) is 17.0 Å². The smallest absolute Gasteiger partial charge is 0.00203 e. The molecule has 0 aromatic heterocycles. The number of halogens is 1. The van der Waals surface area contributed by atoms with Gasteiger partial charge in [0.05, 0.1) is 0 Å². The van der Waals surface area contributed by atoms with Gasteiger partial charge in [-0.3, -0.25) is 0 Å². The fraction of sp³-hybridized carbons (Fsp3) is 0.200. The van der Waals surface area contributed by atoms with Crippen LogP contribution in [0.4, 0.5) is 0 Å². The lowest BCUT2D eigenvalue weighted by molar-refractivity contribution is 0.626. The Morgan fingerprint density at radius 1 is 0.818 bits per heavy atom. The maximum Gasteiger partial charge on any atom is 0.00203 e. The lowest BCUT2D eigenvalue weighted by atomic mass is 9.90. The molecule has 1 N–H and O–H groups in total. The van der Waals surface area contributed by atoms with Gasteiger partial charge < -0.3 is 5.32 Å². The third-order valence-electron chi connectivity index (χ3n) is 4.02. The van der Waals surface area contributed by atoms with Crippen LogP contribution in [-0.2, 0) is 6.42 Å². The molecule has 0 amide bonds. The first-order chi connectivity index (χ1) is 10.4. The summed E-state index contributed by atoms with van der Waals surface area (Å²) in [6.45, 7) is 0.993. The van der Waals surface area contributed by atoms with Crippen LogP contribution in [0.3, 0.4) is 0 Å². The molecule has 0 bridgehead atoms. The molecule has 3 aromatic carbocycles. The molecule has 0 heterocycles. The fourth-order valence-corrected chi connectivity index (χ4v) is 2.91. The van der Waals surface area contributed by atoms with Crippen LogP contribution in [0.15, 0.2) is 72.8 Å². The molecule has 0 aliphatic rings. The molecule has 0 radical (unpaired) electrons. The molecule has 0 saturated carbocycles. The summed E-state index contributed by atoms with van der Waals surface area (Å²) in [5.74, 6) is 0.502.